The molecule has 0 unspecified atom stereocenters. The monoisotopic (exact) mass is 307 g/mol. The van der Waals surface area contributed by atoms with Gasteiger partial charge in [-0.15, -0.1) is 0 Å². The van der Waals surface area contributed by atoms with Gasteiger partial charge >= 0.3 is 0 Å². The highest BCUT2D eigenvalue weighted by molar-refractivity contribution is 6.33. The number of rotatable bonds is 6. The van der Waals surface area contributed by atoms with E-state index in [4.69, 9.17) is 11.6 Å². The Bertz CT molecular complexity index is 626. The van der Waals surface area contributed by atoms with E-state index in [0.29, 0.717) is 23.8 Å². The van der Waals surface area contributed by atoms with Crippen LogP contribution in [0, 0.1) is 0 Å². The Kier molecular flexibility index (Phi) is 5.16. The number of anilines is 1. The summed E-state index contributed by atoms with van der Waals surface area (Å²) in [6.07, 6.45) is 2.53. The second kappa shape index (κ2) is 7.08. The molecule has 1 amide bonds. The van der Waals surface area contributed by atoms with Crippen molar-refractivity contribution in [1.29, 1.82) is 0 Å². The molecule has 2 rings (SSSR count). The van der Waals surface area contributed by atoms with Crippen molar-refractivity contribution in [3.8, 4) is 0 Å². The van der Waals surface area contributed by atoms with Crippen LogP contribution in [-0.2, 0) is 13.5 Å². The number of hydrogen-bond donors (Lipinski definition) is 2. The largest absolute Gasteiger partial charge is 0.370 e. The van der Waals surface area contributed by atoms with Crippen LogP contribution >= 0.6 is 11.6 Å². The number of halogens is 1. The molecule has 0 bridgehead atoms. The lowest BCUT2D eigenvalue weighted by atomic mass is 10.3. The highest BCUT2D eigenvalue weighted by Crippen LogP contribution is 2.16. The molecule has 0 spiro atoms. The summed E-state index contributed by atoms with van der Waals surface area (Å²) in [6, 6.07) is 5.33. The van der Waals surface area contributed by atoms with Gasteiger partial charge in [0.05, 0.1) is 10.7 Å². The molecular weight excluding hydrogens is 290 g/mol. The molecule has 21 heavy (non-hydrogen) atoms. The molecule has 7 heteroatoms. The van der Waals surface area contributed by atoms with Crippen molar-refractivity contribution in [2.45, 2.75) is 13.3 Å². The van der Waals surface area contributed by atoms with Crippen LogP contribution in [0.1, 0.15) is 23.1 Å². The number of hydrogen-bond acceptors (Lipinski definition) is 4. The molecule has 0 saturated carbocycles. The Balaban J connectivity index is 1.94. The molecule has 2 aromatic rings. The van der Waals surface area contributed by atoms with Crippen LogP contribution in [0.2, 0.25) is 5.02 Å². The van der Waals surface area contributed by atoms with Crippen molar-refractivity contribution in [3.05, 3.63) is 40.8 Å². The Labute approximate surface area is 128 Å². The third-order valence-corrected chi connectivity index (χ3v) is 3.16. The van der Waals surface area contributed by atoms with E-state index in [1.807, 2.05) is 26.2 Å². The molecule has 0 aromatic carbocycles. The first-order valence-electron chi connectivity index (χ1n) is 6.77. The SMILES string of the molecule is CCNc1ccc(Cl)c(C(=O)NCCc2ccn(C)n2)n1. The highest BCUT2D eigenvalue weighted by Gasteiger charge is 2.12. The van der Waals surface area contributed by atoms with Gasteiger partial charge in [0, 0.05) is 32.8 Å². The number of aryl methyl sites for hydroxylation is 1. The van der Waals surface area contributed by atoms with Crippen LogP contribution in [0.25, 0.3) is 0 Å². The van der Waals surface area contributed by atoms with Crippen molar-refractivity contribution < 1.29 is 4.79 Å². The van der Waals surface area contributed by atoms with E-state index in [2.05, 4.69) is 20.7 Å². The molecule has 0 aliphatic carbocycles. The summed E-state index contributed by atoms with van der Waals surface area (Å²) in [4.78, 5) is 16.3. The maximum absolute atomic E-state index is 12.1. The molecule has 0 aliphatic heterocycles. The van der Waals surface area contributed by atoms with Gasteiger partial charge in [-0.2, -0.15) is 5.10 Å². The third kappa shape index (κ3) is 4.19. The number of carbonyl (C=O) groups is 1. The molecule has 0 saturated heterocycles. The van der Waals surface area contributed by atoms with Crippen LogP contribution in [0.15, 0.2) is 24.4 Å². The zero-order valence-corrected chi connectivity index (χ0v) is 12.8. The van der Waals surface area contributed by atoms with E-state index in [1.54, 1.807) is 16.8 Å². The van der Waals surface area contributed by atoms with Crippen LogP contribution in [-0.4, -0.2) is 33.8 Å². The van der Waals surface area contributed by atoms with Gasteiger partial charge in [-0.3, -0.25) is 9.48 Å². The second-order valence-corrected chi connectivity index (χ2v) is 4.95. The highest BCUT2D eigenvalue weighted by atomic mass is 35.5. The fourth-order valence-corrected chi connectivity index (χ4v) is 2.06. The van der Waals surface area contributed by atoms with E-state index in [9.17, 15) is 4.79 Å². The average Bonchev–Trinajstić information content (AvgIpc) is 2.87. The van der Waals surface area contributed by atoms with Crippen molar-refractivity contribution in [2.24, 2.45) is 7.05 Å². The molecule has 6 nitrogen and oxygen atoms in total. The van der Waals surface area contributed by atoms with E-state index in [1.165, 1.54) is 0 Å². The topological polar surface area (TPSA) is 71.8 Å². The number of nitrogens with zero attached hydrogens (tertiary/aromatic N) is 3. The summed E-state index contributed by atoms with van der Waals surface area (Å²) in [5, 5.41) is 10.4. The standard InChI is InChI=1S/C14H18ClN5O/c1-3-16-12-5-4-11(15)13(18-12)14(21)17-8-6-10-7-9-20(2)19-10/h4-5,7,9H,3,6,8H2,1-2H3,(H,16,18)(H,17,21). The first-order chi connectivity index (χ1) is 10.1. The maximum Gasteiger partial charge on any atom is 0.271 e. The summed E-state index contributed by atoms with van der Waals surface area (Å²) < 4.78 is 1.73. The summed E-state index contributed by atoms with van der Waals surface area (Å²) in [5.74, 6) is 0.354. The molecule has 0 radical (unpaired) electrons. The van der Waals surface area contributed by atoms with Crippen LogP contribution in [0.4, 0.5) is 5.82 Å². The maximum atomic E-state index is 12.1. The Morgan fingerprint density at radius 3 is 2.86 bits per heavy atom. The number of carbonyl (C=O) groups excluding carboxylic acids is 1. The average molecular weight is 308 g/mol. The fraction of sp³-hybridized carbons (Fsp3) is 0.357. The van der Waals surface area contributed by atoms with Gasteiger partial charge in [0.1, 0.15) is 11.5 Å². The van der Waals surface area contributed by atoms with Gasteiger partial charge in [-0.05, 0) is 25.1 Å². The summed E-state index contributed by atoms with van der Waals surface area (Å²) in [7, 11) is 1.86. The zero-order chi connectivity index (χ0) is 15.2. The van der Waals surface area contributed by atoms with Crippen LogP contribution < -0.4 is 10.6 Å². The molecule has 112 valence electrons. The minimum atomic E-state index is -0.282. The van der Waals surface area contributed by atoms with Crippen molar-refractivity contribution in [2.75, 3.05) is 18.4 Å². The summed E-state index contributed by atoms with van der Waals surface area (Å²) in [5.41, 5.74) is 1.16. The summed E-state index contributed by atoms with van der Waals surface area (Å²) >= 11 is 6.02. The quantitative estimate of drug-likeness (QED) is 0.854. The van der Waals surface area contributed by atoms with E-state index >= 15 is 0 Å². The number of amides is 1. The predicted molar refractivity (Wildman–Crippen MR) is 82.7 cm³/mol. The molecule has 2 N–H and O–H groups in total. The molecule has 0 aliphatic rings. The second-order valence-electron chi connectivity index (χ2n) is 4.54. The molecule has 0 atom stereocenters. The van der Waals surface area contributed by atoms with Gasteiger partial charge in [0.2, 0.25) is 0 Å². The van der Waals surface area contributed by atoms with Crippen molar-refractivity contribution in [3.63, 3.8) is 0 Å². The van der Waals surface area contributed by atoms with Gasteiger partial charge < -0.3 is 10.6 Å². The lowest BCUT2D eigenvalue weighted by Gasteiger charge is -2.08. The number of pyridine rings is 1. The Morgan fingerprint density at radius 2 is 2.19 bits per heavy atom. The van der Waals surface area contributed by atoms with E-state index in [-0.39, 0.29) is 11.6 Å². The van der Waals surface area contributed by atoms with Crippen molar-refractivity contribution >= 4 is 23.3 Å². The molecule has 0 fully saturated rings. The number of nitrogens with one attached hydrogen (secondary N) is 2. The Morgan fingerprint density at radius 1 is 1.38 bits per heavy atom. The van der Waals surface area contributed by atoms with Gasteiger partial charge in [0.25, 0.3) is 5.91 Å². The van der Waals surface area contributed by atoms with Crippen LogP contribution in [0.5, 0.6) is 0 Å². The predicted octanol–water partition coefficient (Wildman–Crippen LogP) is 1.87. The Hall–Kier alpha value is -2.08. The van der Waals surface area contributed by atoms with Gasteiger partial charge in [-0.1, -0.05) is 11.6 Å². The lowest BCUT2D eigenvalue weighted by Crippen LogP contribution is -2.27. The van der Waals surface area contributed by atoms with Crippen molar-refractivity contribution in [1.82, 2.24) is 20.1 Å². The molecular formula is C14H18ClN5O. The third-order valence-electron chi connectivity index (χ3n) is 2.85. The minimum Gasteiger partial charge on any atom is -0.370 e. The first-order valence-corrected chi connectivity index (χ1v) is 7.15. The lowest BCUT2D eigenvalue weighted by molar-refractivity contribution is 0.0949. The van der Waals surface area contributed by atoms with E-state index < -0.39 is 0 Å². The number of aromatic nitrogens is 3. The fourth-order valence-electron chi connectivity index (χ4n) is 1.87. The van der Waals surface area contributed by atoms with Gasteiger partial charge in [-0.25, -0.2) is 4.98 Å². The smallest absolute Gasteiger partial charge is 0.271 e. The van der Waals surface area contributed by atoms with Crippen LogP contribution in [0.3, 0.4) is 0 Å². The minimum absolute atomic E-state index is 0.233. The zero-order valence-electron chi connectivity index (χ0n) is 12.1. The molecule has 2 heterocycles. The van der Waals surface area contributed by atoms with Gasteiger partial charge in [0.15, 0.2) is 0 Å². The first kappa shape index (κ1) is 15.3. The molecule has 2 aromatic heterocycles. The summed E-state index contributed by atoms with van der Waals surface area (Å²) in [6.45, 7) is 3.18. The van der Waals surface area contributed by atoms with E-state index in [0.717, 1.165) is 12.2 Å². The normalized spacial score (nSPS) is 10.4.